The maximum Gasteiger partial charge on any atom is 0.333 e. The molecule has 0 saturated carbocycles. The lowest BCUT2D eigenvalue weighted by atomic mass is 10.3. The number of ether oxygens (including phenoxy) is 3. The van der Waals surface area contributed by atoms with E-state index in [2.05, 4.69) is 6.58 Å². The minimum atomic E-state index is -0.969. The van der Waals surface area contributed by atoms with Gasteiger partial charge in [0.25, 0.3) is 0 Å². The van der Waals surface area contributed by atoms with E-state index in [-0.39, 0.29) is 38.6 Å². The Morgan fingerprint density at radius 2 is 1.45 bits per heavy atom. The Balaban J connectivity index is 3.57. The van der Waals surface area contributed by atoms with Crippen LogP contribution in [0, 0.1) is 0 Å². The number of hydrogen-bond acceptors (Lipinski definition) is 7. The molecular formula is C13H24O7. The average molecular weight is 292 g/mol. The molecule has 0 aliphatic rings. The molecule has 0 rings (SSSR count). The lowest BCUT2D eigenvalue weighted by Gasteiger charge is -2.15. The van der Waals surface area contributed by atoms with Crippen molar-refractivity contribution in [3.8, 4) is 0 Å². The minimum absolute atomic E-state index is 0.0225. The third-order valence-corrected chi connectivity index (χ3v) is 2.05. The van der Waals surface area contributed by atoms with Crippen LogP contribution in [0.1, 0.15) is 13.8 Å². The van der Waals surface area contributed by atoms with Crippen molar-refractivity contribution in [2.24, 2.45) is 0 Å². The third kappa shape index (κ3) is 10.9. The summed E-state index contributed by atoms with van der Waals surface area (Å²) in [5.74, 6) is -0.574. The predicted octanol–water partition coefficient (Wildman–Crippen LogP) is -0.758. The van der Waals surface area contributed by atoms with E-state index in [1.807, 2.05) is 0 Å². The van der Waals surface area contributed by atoms with Crippen molar-refractivity contribution in [1.82, 2.24) is 0 Å². The molecule has 3 unspecified atom stereocenters. The Bertz CT molecular complexity index is 290. The summed E-state index contributed by atoms with van der Waals surface area (Å²) in [4.78, 5) is 11.1. The van der Waals surface area contributed by atoms with E-state index in [1.54, 1.807) is 6.92 Å². The number of aliphatic hydroxyl groups is 3. The molecular weight excluding hydrogens is 268 g/mol. The number of rotatable bonds is 11. The van der Waals surface area contributed by atoms with Crippen LogP contribution in [0.4, 0.5) is 0 Å². The fraction of sp³-hybridized carbons (Fsp3) is 0.769. The monoisotopic (exact) mass is 292 g/mol. The zero-order chi connectivity index (χ0) is 15.5. The van der Waals surface area contributed by atoms with Crippen LogP contribution in [0.25, 0.3) is 0 Å². The zero-order valence-corrected chi connectivity index (χ0v) is 11.9. The van der Waals surface area contributed by atoms with E-state index < -0.39 is 24.3 Å². The summed E-state index contributed by atoms with van der Waals surface area (Å²) in [5, 5.41) is 27.9. The van der Waals surface area contributed by atoms with Crippen LogP contribution in [0.3, 0.4) is 0 Å². The summed E-state index contributed by atoms with van der Waals surface area (Å²) in [6, 6.07) is 0. The zero-order valence-electron chi connectivity index (χ0n) is 11.9. The van der Waals surface area contributed by atoms with E-state index in [9.17, 15) is 15.0 Å². The molecule has 7 heteroatoms. The highest BCUT2D eigenvalue weighted by Crippen LogP contribution is 1.96. The van der Waals surface area contributed by atoms with Gasteiger partial charge in [-0.05, 0) is 13.8 Å². The van der Waals surface area contributed by atoms with Crippen LogP contribution < -0.4 is 0 Å². The second kappa shape index (κ2) is 10.8. The van der Waals surface area contributed by atoms with Gasteiger partial charge < -0.3 is 29.5 Å². The van der Waals surface area contributed by atoms with Crippen molar-refractivity contribution >= 4 is 5.97 Å². The molecule has 0 aliphatic heterocycles. The van der Waals surface area contributed by atoms with Gasteiger partial charge in [0, 0.05) is 5.57 Å². The summed E-state index contributed by atoms with van der Waals surface area (Å²) < 4.78 is 14.8. The molecule has 118 valence electrons. The van der Waals surface area contributed by atoms with Crippen LogP contribution in [0.2, 0.25) is 0 Å². The van der Waals surface area contributed by atoms with Gasteiger partial charge in [0.2, 0.25) is 0 Å². The summed E-state index contributed by atoms with van der Waals surface area (Å²) in [6.07, 6.45) is -2.41. The molecule has 0 radical (unpaired) electrons. The van der Waals surface area contributed by atoms with Crippen LogP contribution in [-0.2, 0) is 19.0 Å². The van der Waals surface area contributed by atoms with Gasteiger partial charge in [0.1, 0.15) is 18.8 Å². The summed E-state index contributed by atoms with van der Waals surface area (Å²) in [5.41, 5.74) is 0.254. The SMILES string of the molecule is C=C(C)C(=O)OCC(O)COCC(O)COCC(C)O. The van der Waals surface area contributed by atoms with Crippen LogP contribution in [0.5, 0.6) is 0 Å². The quantitative estimate of drug-likeness (QED) is 0.339. The molecule has 0 aliphatic carbocycles. The number of carbonyl (C=O) groups excluding carboxylic acids is 1. The van der Waals surface area contributed by atoms with Crippen LogP contribution in [0.15, 0.2) is 12.2 Å². The first-order valence-electron chi connectivity index (χ1n) is 6.35. The Hall–Kier alpha value is -0.990. The standard InChI is InChI=1S/C13H24O7/c1-9(2)13(17)20-8-12(16)7-19-6-11(15)5-18-4-10(3)14/h10-12,14-16H,1,4-8H2,2-3H3. The normalized spacial score (nSPS) is 15.4. The minimum Gasteiger partial charge on any atom is -0.460 e. The van der Waals surface area contributed by atoms with E-state index >= 15 is 0 Å². The van der Waals surface area contributed by atoms with E-state index in [0.29, 0.717) is 0 Å². The second-order valence-electron chi connectivity index (χ2n) is 4.61. The molecule has 0 saturated heterocycles. The summed E-state index contributed by atoms with van der Waals surface area (Å²) in [7, 11) is 0. The fourth-order valence-corrected chi connectivity index (χ4v) is 1.11. The number of carbonyl (C=O) groups is 1. The highest BCUT2D eigenvalue weighted by Gasteiger charge is 2.11. The van der Waals surface area contributed by atoms with Gasteiger partial charge in [0.15, 0.2) is 0 Å². The molecule has 0 bridgehead atoms. The van der Waals surface area contributed by atoms with Crippen molar-refractivity contribution in [1.29, 1.82) is 0 Å². The smallest absolute Gasteiger partial charge is 0.333 e. The number of hydrogen-bond donors (Lipinski definition) is 3. The summed E-state index contributed by atoms with van der Waals surface area (Å²) in [6.45, 7) is 6.37. The van der Waals surface area contributed by atoms with E-state index in [0.717, 1.165) is 0 Å². The Labute approximate surface area is 118 Å². The second-order valence-corrected chi connectivity index (χ2v) is 4.61. The molecule has 0 heterocycles. The molecule has 0 aromatic heterocycles. The van der Waals surface area contributed by atoms with Gasteiger partial charge in [-0.3, -0.25) is 0 Å². The maximum absolute atomic E-state index is 11.1. The van der Waals surface area contributed by atoms with Crippen molar-refractivity contribution in [2.45, 2.75) is 32.2 Å². The molecule has 0 amide bonds. The average Bonchev–Trinajstić information content (AvgIpc) is 2.35. The van der Waals surface area contributed by atoms with Crippen molar-refractivity contribution in [2.75, 3.05) is 33.0 Å². The van der Waals surface area contributed by atoms with Crippen LogP contribution in [-0.4, -0.2) is 72.6 Å². The van der Waals surface area contributed by atoms with Gasteiger partial charge >= 0.3 is 5.97 Å². The molecule has 0 spiro atoms. The van der Waals surface area contributed by atoms with Crippen molar-refractivity contribution < 1.29 is 34.3 Å². The van der Waals surface area contributed by atoms with Crippen molar-refractivity contribution in [3.05, 3.63) is 12.2 Å². The van der Waals surface area contributed by atoms with Gasteiger partial charge in [-0.15, -0.1) is 0 Å². The highest BCUT2D eigenvalue weighted by atomic mass is 16.6. The Kier molecular flexibility index (Phi) is 10.2. The molecule has 7 nitrogen and oxygen atoms in total. The first kappa shape index (κ1) is 19.0. The van der Waals surface area contributed by atoms with E-state index in [4.69, 9.17) is 19.3 Å². The first-order valence-corrected chi connectivity index (χ1v) is 6.35. The fourth-order valence-electron chi connectivity index (χ4n) is 1.11. The molecule has 0 fully saturated rings. The van der Waals surface area contributed by atoms with Crippen LogP contribution >= 0.6 is 0 Å². The summed E-state index contributed by atoms with van der Waals surface area (Å²) >= 11 is 0. The predicted molar refractivity (Wildman–Crippen MR) is 71.1 cm³/mol. The molecule has 3 atom stereocenters. The van der Waals surface area contributed by atoms with Gasteiger partial charge in [0.05, 0.1) is 32.5 Å². The maximum atomic E-state index is 11.1. The number of aliphatic hydroxyl groups excluding tert-OH is 3. The first-order chi connectivity index (χ1) is 9.32. The topological polar surface area (TPSA) is 105 Å². The van der Waals surface area contributed by atoms with Gasteiger partial charge in [-0.2, -0.15) is 0 Å². The Morgan fingerprint density at radius 1 is 1.00 bits per heavy atom. The molecule has 0 aromatic carbocycles. The third-order valence-electron chi connectivity index (χ3n) is 2.05. The number of esters is 1. The lowest BCUT2D eigenvalue weighted by Crippen LogP contribution is -2.28. The van der Waals surface area contributed by atoms with E-state index in [1.165, 1.54) is 6.92 Å². The lowest BCUT2D eigenvalue weighted by molar-refractivity contribution is -0.143. The van der Waals surface area contributed by atoms with Gasteiger partial charge in [-0.25, -0.2) is 4.79 Å². The molecule has 0 aromatic rings. The Morgan fingerprint density at radius 3 is 1.90 bits per heavy atom. The molecule has 20 heavy (non-hydrogen) atoms. The largest absolute Gasteiger partial charge is 0.460 e. The highest BCUT2D eigenvalue weighted by molar-refractivity contribution is 5.86. The molecule has 3 N–H and O–H groups in total. The van der Waals surface area contributed by atoms with Crippen molar-refractivity contribution in [3.63, 3.8) is 0 Å². The van der Waals surface area contributed by atoms with Gasteiger partial charge in [-0.1, -0.05) is 6.58 Å².